The maximum Gasteiger partial charge on any atom is 0.245 e. The van der Waals surface area contributed by atoms with Gasteiger partial charge in [-0.1, -0.05) is 31.1 Å². The molecule has 0 amide bonds. The second kappa shape index (κ2) is 6.67. The number of nitrogens with two attached hydrogens (primary N) is 1. The first-order valence-electron chi connectivity index (χ1n) is 6.06. The predicted octanol–water partition coefficient (Wildman–Crippen LogP) is 1.22. The van der Waals surface area contributed by atoms with Gasteiger partial charge in [0.25, 0.3) is 0 Å². The van der Waals surface area contributed by atoms with Crippen molar-refractivity contribution in [3.05, 3.63) is 30.1 Å². The van der Waals surface area contributed by atoms with Crippen molar-refractivity contribution < 1.29 is 18.0 Å². The van der Waals surface area contributed by atoms with Crippen molar-refractivity contribution in [2.75, 3.05) is 13.1 Å². The Hall–Kier alpha value is -1.67. The fourth-order valence-corrected chi connectivity index (χ4v) is 3.29. The van der Waals surface area contributed by atoms with Gasteiger partial charge < -0.3 is 10.9 Å². The number of benzene rings is 1. The quantitative estimate of drug-likeness (QED) is 0.357. The van der Waals surface area contributed by atoms with Crippen LogP contribution in [0.4, 0.5) is 4.39 Å². The van der Waals surface area contributed by atoms with E-state index in [9.17, 15) is 12.8 Å². The number of nitrogens with zero attached hydrogens (tertiary/aromatic N) is 2. The number of hydrogen-bond donors (Lipinski definition) is 2. The van der Waals surface area contributed by atoms with E-state index >= 15 is 0 Å². The fourth-order valence-electron chi connectivity index (χ4n) is 1.69. The summed E-state index contributed by atoms with van der Waals surface area (Å²) in [7, 11) is -3.95. The van der Waals surface area contributed by atoms with Crippen LogP contribution in [0.2, 0.25) is 0 Å². The van der Waals surface area contributed by atoms with Crippen molar-refractivity contribution in [2.45, 2.75) is 18.7 Å². The second-order valence-corrected chi connectivity index (χ2v) is 6.22. The molecule has 0 aliphatic carbocycles. The molecule has 0 aromatic heterocycles. The molecule has 0 radical (unpaired) electrons. The lowest BCUT2D eigenvalue weighted by Gasteiger charge is -2.23. The van der Waals surface area contributed by atoms with Crippen LogP contribution in [0.3, 0.4) is 0 Å². The molecule has 1 rings (SSSR count). The van der Waals surface area contributed by atoms with Gasteiger partial charge in [0.1, 0.15) is 16.5 Å². The Labute approximate surface area is 117 Å². The van der Waals surface area contributed by atoms with E-state index in [4.69, 9.17) is 10.9 Å². The molecule has 0 saturated carbocycles. The summed E-state index contributed by atoms with van der Waals surface area (Å²) in [5.41, 5.74) is 5.44. The molecule has 1 unspecified atom stereocenters. The molecule has 0 bridgehead atoms. The minimum Gasteiger partial charge on any atom is -0.409 e. The van der Waals surface area contributed by atoms with Crippen molar-refractivity contribution in [1.82, 2.24) is 4.31 Å². The Morgan fingerprint density at radius 3 is 2.60 bits per heavy atom. The summed E-state index contributed by atoms with van der Waals surface area (Å²) in [6.07, 6.45) is 0. The first-order chi connectivity index (χ1) is 9.34. The first-order valence-corrected chi connectivity index (χ1v) is 7.50. The molecule has 1 atom stereocenters. The summed E-state index contributed by atoms with van der Waals surface area (Å²) in [4.78, 5) is -0.381. The average Bonchev–Trinajstić information content (AvgIpc) is 2.43. The first kappa shape index (κ1) is 16.4. The molecule has 0 heterocycles. The molecule has 0 aliphatic rings. The summed E-state index contributed by atoms with van der Waals surface area (Å²) in [5.74, 6) is -1.36. The summed E-state index contributed by atoms with van der Waals surface area (Å²) in [5, 5.41) is 11.4. The Morgan fingerprint density at radius 2 is 2.10 bits per heavy atom. The second-order valence-electron chi connectivity index (χ2n) is 4.31. The highest BCUT2D eigenvalue weighted by atomic mass is 32.2. The third kappa shape index (κ3) is 3.45. The van der Waals surface area contributed by atoms with Gasteiger partial charge in [0.05, 0.1) is 0 Å². The standard InChI is InChI=1S/C12H18FN3O3S/c1-3-16(8-9(2)12(14)15-17)20(18,19)11-7-5-4-6-10(11)13/h4-7,9,17H,3,8H2,1-2H3,(H2,14,15). The molecule has 8 heteroatoms. The van der Waals surface area contributed by atoms with Gasteiger partial charge in [-0.3, -0.25) is 0 Å². The van der Waals surface area contributed by atoms with E-state index in [-0.39, 0.29) is 23.8 Å². The number of rotatable bonds is 6. The van der Waals surface area contributed by atoms with Crippen molar-refractivity contribution in [3.8, 4) is 0 Å². The normalized spacial score (nSPS) is 14.5. The highest BCUT2D eigenvalue weighted by Crippen LogP contribution is 2.19. The average molecular weight is 303 g/mol. The lowest BCUT2D eigenvalue weighted by molar-refractivity contribution is 0.311. The summed E-state index contributed by atoms with van der Waals surface area (Å²) in [6.45, 7) is 3.41. The van der Waals surface area contributed by atoms with Gasteiger partial charge in [0.2, 0.25) is 10.0 Å². The van der Waals surface area contributed by atoms with Gasteiger partial charge in [0.15, 0.2) is 0 Å². The predicted molar refractivity (Wildman–Crippen MR) is 73.4 cm³/mol. The van der Waals surface area contributed by atoms with E-state index in [1.54, 1.807) is 13.8 Å². The van der Waals surface area contributed by atoms with Gasteiger partial charge >= 0.3 is 0 Å². The van der Waals surface area contributed by atoms with E-state index in [1.165, 1.54) is 18.2 Å². The van der Waals surface area contributed by atoms with Crippen LogP contribution in [-0.2, 0) is 10.0 Å². The molecule has 0 saturated heterocycles. The summed E-state index contributed by atoms with van der Waals surface area (Å²) >= 11 is 0. The maximum atomic E-state index is 13.6. The van der Waals surface area contributed by atoms with Gasteiger partial charge in [-0.05, 0) is 12.1 Å². The molecule has 3 N–H and O–H groups in total. The molecule has 6 nitrogen and oxygen atoms in total. The van der Waals surface area contributed by atoms with Crippen LogP contribution in [0, 0.1) is 11.7 Å². The molecule has 20 heavy (non-hydrogen) atoms. The smallest absolute Gasteiger partial charge is 0.245 e. The van der Waals surface area contributed by atoms with Crippen molar-refractivity contribution in [1.29, 1.82) is 0 Å². The van der Waals surface area contributed by atoms with Crippen molar-refractivity contribution in [2.24, 2.45) is 16.8 Å². The largest absolute Gasteiger partial charge is 0.409 e. The highest BCUT2D eigenvalue weighted by molar-refractivity contribution is 7.89. The summed E-state index contributed by atoms with van der Waals surface area (Å²) in [6, 6.07) is 5.18. The van der Waals surface area contributed by atoms with Crippen LogP contribution in [0.15, 0.2) is 34.3 Å². The maximum absolute atomic E-state index is 13.6. The van der Waals surface area contributed by atoms with Crippen LogP contribution in [0.25, 0.3) is 0 Å². The molecule has 0 fully saturated rings. The minimum atomic E-state index is -3.95. The third-order valence-corrected chi connectivity index (χ3v) is 4.88. The van der Waals surface area contributed by atoms with E-state index < -0.39 is 21.8 Å². The molecule has 1 aromatic rings. The zero-order valence-electron chi connectivity index (χ0n) is 11.3. The number of amidine groups is 1. The van der Waals surface area contributed by atoms with E-state index in [0.29, 0.717) is 0 Å². The minimum absolute atomic E-state index is 0.00304. The number of sulfonamides is 1. The molecule has 0 aliphatic heterocycles. The number of oxime groups is 1. The molecular formula is C12H18FN3O3S. The summed E-state index contributed by atoms with van der Waals surface area (Å²) < 4.78 is 39.5. The fraction of sp³-hybridized carbons (Fsp3) is 0.417. The monoisotopic (exact) mass is 303 g/mol. The Balaban J connectivity index is 3.09. The lowest BCUT2D eigenvalue weighted by Crippen LogP contribution is -2.39. The topological polar surface area (TPSA) is 96.0 Å². The Morgan fingerprint density at radius 1 is 1.50 bits per heavy atom. The zero-order valence-corrected chi connectivity index (χ0v) is 12.1. The molecule has 112 valence electrons. The molecular weight excluding hydrogens is 285 g/mol. The molecule has 1 aromatic carbocycles. The Bertz CT molecular complexity index is 589. The third-order valence-electron chi connectivity index (χ3n) is 2.91. The van der Waals surface area contributed by atoms with Crippen molar-refractivity contribution in [3.63, 3.8) is 0 Å². The van der Waals surface area contributed by atoms with Gasteiger partial charge in [-0.25, -0.2) is 12.8 Å². The van der Waals surface area contributed by atoms with Crippen LogP contribution in [-0.4, -0.2) is 36.9 Å². The van der Waals surface area contributed by atoms with Gasteiger partial charge in [0, 0.05) is 19.0 Å². The molecule has 0 spiro atoms. The van der Waals surface area contributed by atoms with Crippen LogP contribution < -0.4 is 5.73 Å². The van der Waals surface area contributed by atoms with Crippen LogP contribution >= 0.6 is 0 Å². The zero-order chi connectivity index (χ0) is 15.3. The van der Waals surface area contributed by atoms with Gasteiger partial charge in [-0.2, -0.15) is 4.31 Å². The van der Waals surface area contributed by atoms with E-state index in [2.05, 4.69) is 5.16 Å². The van der Waals surface area contributed by atoms with Crippen molar-refractivity contribution >= 4 is 15.9 Å². The SMILES string of the molecule is CCN(CC(C)C(N)=NO)S(=O)(=O)c1ccccc1F. The van der Waals surface area contributed by atoms with E-state index in [0.717, 1.165) is 10.4 Å². The van der Waals surface area contributed by atoms with E-state index in [1.807, 2.05) is 0 Å². The number of halogens is 1. The Kier molecular flexibility index (Phi) is 5.46. The number of hydrogen-bond acceptors (Lipinski definition) is 4. The van der Waals surface area contributed by atoms with Crippen LogP contribution in [0.5, 0.6) is 0 Å². The highest BCUT2D eigenvalue weighted by Gasteiger charge is 2.28. The lowest BCUT2D eigenvalue weighted by atomic mass is 10.1. The van der Waals surface area contributed by atoms with Crippen LogP contribution in [0.1, 0.15) is 13.8 Å². The van der Waals surface area contributed by atoms with Gasteiger partial charge in [-0.15, -0.1) is 0 Å².